The number of nitrogens with one attached hydrogen (secondary N) is 3. The van der Waals surface area contributed by atoms with Gasteiger partial charge in [-0.25, -0.2) is 4.98 Å². The van der Waals surface area contributed by atoms with Crippen LogP contribution in [0.5, 0.6) is 0 Å². The Hall–Kier alpha value is -4.44. The van der Waals surface area contributed by atoms with Crippen LogP contribution in [0.2, 0.25) is 0 Å². The van der Waals surface area contributed by atoms with Crippen LogP contribution in [0.1, 0.15) is 19.8 Å². The van der Waals surface area contributed by atoms with Gasteiger partial charge in [-0.1, -0.05) is 6.92 Å². The molecule has 0 atom stereocenters. The van der Waals surface area contributed by atoms with Gasteiger partial charge in [0, 0.05) is 45.6 Å². The molecule has 0 aliphatic rings. The van der Waals surface area contributed by atoms with E-state index in [-0.39, 0.29) is 11.0 Å². The molecule has 0 bridgehead atoms. The lowest BCUT2D eigenvalue weighted by molar-refractivity contribution is -0.116. The number of rotatable bonds is 6. The minimum absolute atomic E-state index is 0.0472. The summed E-state index contributed by atoms with van der Waals surface area (Å²) >= 11 is 1.10. The molecule has 1 amide bonds. The van der Waals surface area contributed by atoms with Crippen molar-refractivity contribution in [3.8, 4) is 33.1 Å². The van der Waals surface area contributed by atoms with Gasteiger partial charge in [-0.2, -0.15) is 9.49 Å². The molecule has 0 aliphatic heterocycles. The van der Waals surface area contributed by atoms with Crippen molar-refractivity contribution in [2.24, 2.45) is 0 Å². The largest absolute Gasteiger partial charge is 0.338 e. The van der Waals surface area contributed by atoms with Gasteiger partial charge < -0.3 is 10.3 Å². The van der Waals surface area contributed by atoms with E-state index in [2.05, 4.69) is 35.5 Å². The second kappa shape index (κ2) is 8.97. The Morgan fingerprint density at radius 2 is 2.00 bits per heavy atom. The third-order valence-corrected chi connectivity index (χ3v) is 6.77. The fraction of sp³-hybridized carbons (Fsp3) is 0.115. The predicted octanol–water partition coefficient (Wildman–Crippen LogP) is 6.17. The Kier molecular flexibility index (Phi) is 5.49. The number of anilines is 1. The third kappa shape index (κ3) is 4.01. The summed E-state index contributed by atoms with van der Waals surface area (Å²) in [6.45, 7) is 1.96. The number of halogens is 1. The lowest BCUT2D eigenvalue weighted by Crippen LogP contribution is -2.10. The normalized spacial score (nSPS) is 11.4. The number of hydrogen-bond donors (Lipinski definition) is 3. The summed E-state index contributed by atoms with van der Waals surface area (Å²) in [6, 6.07) is 10.9. The van der Waals surface area contributed by atoms with Crippen LogP contribution >= 0.6 is 11.3 Å². The summed E-state index contributed by atoms with van der Waals surface area (Å²) in [4.78, 5) is 29.5. The molecule has 6 aromatic heterocycles. The Labute approximate surface area is 208 Å². The molecule has 6 rings (SSSR count). The van der Waals surface area contributed by atoms with Gasteiger partial charge in [0.05, 0.1) is 35.0 Å². The summed E-state index contributed by atoms with van der Waals surface area (Å²) in [5.41, 5.74) is 5.99. The SMILES string of the molecule is CCCC(=O)Nc1cncc(-c2cc3c(-c4cc5c(-c6ccc(F)s6)ccnc5[nH]4)n[nH]c3cn2)c1. The molecule has 0 aliphatic carbocycles. The average Bonchev–Trinajstić information content (AvgIpc) is 3.61. The fourth-order valence-corrected chi connectivity index (χ4v) is 4.98. The van der Waals surface area contributed by atoms with Crippen LogP contribution in [0.15, 0.2) is 61.2 Å². The monoisotopic (exact) mass is 497 g/mol. The molecule has 10 heteroatoms. The number of amides is 1. The number of aromatic nitrogens is 6. The van der Waals surface area contributed by atoms with Gasteiger partial charge in [-0.05, 0) is 42.8 Å². The maximum atomic E-state index is 13.7. The van der Waals surface area contributed by atoms with Gasteiger partial charge in [-0.3, -0.25) is 19.9 Å². The highest BCUT2D eigenvalue weighted by atomic mass is 32.1. The standard InChI is InChI=1S/C26H20FN7OS/c1-2-3-24(35)31-15-8-14(11-28-12-15)19-10-18-21(13-30-19)33-34-25(18)20-9-17-16(6-7-29-26(17)32-20)22-4-5-23(27)36-22/h4-13H,2-3H2,1H3,(H,29,32)(H,31,35)(H,33,34). The number of H-pyrrole nitrogens is 2. The molecule has 0 fully saturated rings. The van der Waals surface area contributed by atoms with E-state index in [1.165, 1.54) is 6.07 Å². The van der Waals surface area contributed by atoms with Crippen LogP contribution in [0, 0.1) is 5.13 Å². The highest BCUT2D eigenvalue weighted by Gasteiger charge is 2.16. The van der Waals surface area contributed by atoms with E-state index >= 15 is 0 Å². The van der Waals surface area contributed by atoms with Gasteiger partial charge in [0.25, 0.3) is 0 Å². The van der Waals surface area contributed by atoms with Crippen LogP contribution in [-0.4, -0.2) is 36.0 Å². The van der Waals surface area contributed by atoms with Crippen LogP contribution in [-0.2, 0) is 4.79 Å². The molecule has 36 heavy (non-hydrogen) atoms. The van der Waals surface area contributed by atoms with E-state index < -0.39 is 0 Å². The molecule has 178 valence electrons. The second-order valence-corrected chi connectivity index (χ2v) is 9.39. The fourth-order valence-electron chi connectivity index (χ4n) is 4.21. The average molecular weight is 498 g/mol. The summed E-state index contributed by atoms with van der Waals surface area (Å²) in [6.07, 6.45) is 7.99. The number of aromatic amines is 2. The molecule has 0 aromatic carbocycles. The molecule has 0 saturated carbocycles. The van der Waals surface area contributed by atoms with Gasteiger partial charge >= 0.3 is 0 Å². The van der Waals surface area contributed by atoms with Crippen molar-refractivity contribution in [2.45, 2.75) is 19.8 Å². The molecule has 6 heterocycles. The Morgan fingerprint density at radius 1 is 1.08 bits per heavy atom. The smallest absolute Gasteiger partial charge is 0.224 e. The first-order valence-electron chi connectivity index (χ1n) is 11.4. The van der Waals surface area contributed by atoms with Crippen molar-refractivity contribution in [1.82, 2.24) is 30.1 Å². The highest BCUT2D eigenvalue weighted by Crippen LogP contribution is 2.36. The van der Waals surface area contributed by atoms with Crippen LogP contribution in [0.25, 0.3) is 55.0 Å². The number of thiophene rings is 1. The summed E-state index contributed by atoms with van der Waals surface area (Å²) in [5, 5.41) is 12.0. The van der Waals surface area contributed by atoms with Crippen molar-refractivity contribution in [1.29, 1.82) is 0 Å². The zero-order chi connectivity index (χ0) is 24.6. The van der Waals surface area contributed by atoms with Crippen LogP contribution < -0.4 is 5.32 Å². The molecule has 0 unspecified atom stereocenters. The lowest BCUT2D eigenvalue weighted by atomic mass is 10.1. The lowest BCUT2D eigenvalue weighted by Gasteiger charge is -2.06. The highest BCUT2D eigenvalue weighted by molar-refractivity contribution is 7.14. The molecule has 8 nitrogen and oxygen atoms in total. The van der Waals surface area contributed by atoms with Gasteiger partial charge in [0.1, 0.15) is 11.3 Å². The maximum Gasteiger partial charge on any atom is 0.224 e. The van der Waals surface area contributed by atoms with Gasteiger partial charge in [0.2, 0.25) is 5.91 Å². The van der Waals surface area contributed by atoms with E-state index in [0.717, 1.165) is 61.4 Å². The topological polar surface area (TPSA) is 112 Å². The summed E-state index contributed by atoms with van der Waals surface area (Å²) in [7, 11) is 0. The minimum Gasteiger partial charge on any atom is -0.338 e. The first kappa shape index (κ1) is 22.1. The van der Waals surface area contributed by atoms with Crippen LogP contribution in [0.4, 0.5) is 10.1 Å². The number of carbonyl (C=O) groups excluding carboxylic acids is 1. The van der Waals surface area contributed by atoms with Crippen molar-refractivity contribution in [2.75, 3.05) is 5.32 Å². The molecule has 0 radical (unpaired) electrons. The molecule has 6 aromatic rings. The van der Waals surface area contributed by atoms with E-state index in [0.29, 0.717) is 23.4 Å². The van der Waals surface area contributed by atoms with E-state index in [9.17, 15) is 9.18 Å². The first-order valence-corrected chi connectivity index (χ1v) is 12.2. The summed E-state index contributed by atoms with van der Waals surface area (Å²) < 4.78 is 13.7. The van der Waals surface area contributed by atoms with Crippen molar-refractivity contribution >= 4 is 44.9 Å². The predicted molar refractivity (Wildman–Crippen MR) is 139 cm³/mol. The summed E-state index contributed by atoms with van der Waals surface area (Å²) in [5.74, 6) is -0.0472. The number of nitrogens with zero attached hydrogens (tertiary/aromatic N) is 4. The Morgan fingerprint density at radius 3 is 2.83 bits per heavy atom. The Bertz CT molecular complexity index is 1740. The molecular weight excluding hydrogens is 477 g/mol. The molecule has 3 N–H and O–H groups in total. The van der Waals surface area contributed by atoms with Gasteiger partial charge in [-0.15, -0.1) is 11.3 Å². The number of carbonyl (C=O) groups is 1. The minimum atomic E-state index is -0.229. The zero-order valence-corrected chi connectivity index (χ0v) is 20.0. The Balaban J connectivity index is 1.40. The van der Waals surface area contributed by atoms with Crippen molar-refractivity contribution < 1.29 is 9.18 Å². The van der Waals surface area contributed by atoms with E-state index in [4.69, 9.17) is 0 Å². The maximum absolute atomic E-state index is 13.7. The van der Waals surface area contributed by atoms with Gasteiger partial charge in [0.15, 0.2) is 5.13 Å². The zero-order valence-electron chi connectivity index (χ0n) is 19.2. The van der Waals surface area contributed by atoms with Crippen LogP contribution in [0.3, 0.4) is 0 Å². The first-order chi connectivity index (χ1) is 17.6. The van der Waals surface area contributed by atoms with Crippen molar-refractivity contribution in [3.05, 3.63) is 66.3 Å². The molecule has 0 saturated heterocycles. The quantitative estimate of drug-likeness (QED) is 0.255. The number of pyridine rings is 3. The van der Waals surface area contributed by atoms with E-state index in [1.807, 2.05) is 31.2 Å². The van der Waals surface area contributed by atoms with Crippen molar-refractivity contribution in [3.63, 3.8) is 0 Å². The molecule has 0 spiro atoms. The third-order valence-electron chi connectivity index (χ3n) is 5.87. The van der Waals surface area contributed by atoms with E-state index in [1.54, 1.807) is 30.9 Å². The molecular formula is C26H20FN7OS. The second-order valence-electron chi connectivity index (χ2n) is 8.36. The number of hydrogen-bond acceptors (Lipinski definition) is 6. The number of fused-ring (bicyclic) bond motifs is 2.